The van der Waals surface area contributed by atoms with E-state index in [1.807, 2.05) is 0 Å². The van der Waals surface area contributed by atoms with E-state index in [0.717, 1.165) is 23.4 Å². The van der Waals surface area contributed by atoms with E-state index in [9.17, 15) is 0 Å². The highest BCUT2D eigenvalue weighted by Crippen LogP contribution is 2.63. The molecule has 1 nitrogen and oxygen atoms in total. The number of fused-ring (bicyclic) bond motifs is 10. The average Bonchev–Trinajstić information content (AvgIpc) is 3.61. The fraction of sp³-hybridized carbons (Fsp3) is 0.0847. The van der Waals surface area contributed by atoms with Gasteiger partial charge in [0.25, 0.3) is 0 Å². The summed E-state index contributed by atoms with van der Waals surface area (Å²) >= 11 is 0. The maximum Gasteiger partial charge on any atom is 0.0719 e. The molecule has 0 N–H and O–H groups in total. The first-order chi connectivity index (χ1) is 29.5. The van der Waals surface area contributed by atoms with Crippen LogP contribution in [0, 0.1) is 0 Å². The first-order valence-electron chi connectivity index (χ1n) is 21.1. The summed E-state index contributed by atoms with van der Waals surface area (Å²) < 4.78 is 0. The summed E-state index contributed by atoms with van der Waals surface area (Å²) in [6, 6.07) is 78.0. The largest absolute Gasteiger partial charge is 0.658 e. The minimum Gasteiger partial charge on any atom is -0.658 e. The van der Waals surface area contributed by atoms with Crippen molar-refractivity contribution < 1.29 is 0 Å². The maximum absolute atomic E-state index is 5.18. The third-order valence-corrected chi connectivity index (χ3v) is 13.2. The van der Waals surface area contributed by atoms with Crippen LogP contribution in [0.4, 0.5) is 5.69 Å². The van der Waals surface area contributed by atoms with Crippen molar-refractivity contribution in [3.63, 3.8) is 0 Å². The van der Waals surface area contributed by atoms with Gasteiger partial charge in [-0.15, -0.1) is 11.4 Å². The molecule has 0 fully saturated rings. The van der Waals surface area contributed by atoms with Gasteiger partial charge in [0, 0.05) is 5.41 Å². The lowest BCUT2D eigenvalue weighted by molar-refractivity contribution is 0.563. The molecule has 2 aliphatic rings. The van der Waals surface area contributed by atoms with Crippen LogP contribution in [0.2, 0.25) is 0 Å². The fourth-order valence-electron chi connectivity index (χ4n) is 10.4. The number of rotatable bonds is 7. The highest BCUT2D eigenvalue weighted by atomic mass is 14.9. The van der Waals surface area contributed by atoms with Crippen molar-refractivity contribution in [1.82, 2.24) is 0 Å². The molecule has 0 heterocycles. The molecular formula is C59H44N-. The van der Waals surface area contributed by atoms with Crippen molar-refractivity contribution in [3.8, 4) is 33.4 Å². The standard InChI is InChI=1S/C59H44N/c1-58(2)51-27-13-15-29-53(51)59(54-30-16-14-28-52(54)58)50-26-12-11-24-49(50)57-48(25-17-31-55(57)59)47-38-37-44(45-22-9-10-23-46(45)47)41-33-35-43(36-34-41)60-56(42-20-7-4-8-21-42)39-32-40-18-5-3-6-19-40/h3-31,33-39H,32H2,1-2H3/q-1/b56-39-. The van der Waals surface area contributed by atoms with Crippen LogP contribution < -0.4 is 0 Å². The molecule has 0 amide bonds. The molecule has 0 saturated carbocycles. The molecule has 0 atom stereocenters. The lowest BCUT2D eigenvalue weighted by Crippen LogP contribution is -2.40. The monoisotopic (exact) mass is 766 g/mol. The van der Waals surface area contributed by atoms with E-state index in [4.69, 9.17) is 5.32 Å². The minimum atomic E-state index is -0.426. The van der Waals surface area contributed by atoms with Gasteiger partial charge < -0.3 is 5.32 Å². The van der Waals surface area contributed by atoms with Gasteiger partial charge >= 0.3 is 0 Å². The van der Waals surface area contributed by atoms with Gasteiger partial charge in [0.05, 0.1) is 5.41 Å². The molecule has 286 valence electrons. The molecule has 9 aromatic carbocycles. The molecule has 60 heavy (non-hydrogen) atoms. The van der Waals surface area contributed by atoms with Crippen LogP contribution in [0.1, 0.15) is 58.4 Å². The Balaban J connectivity index is 1.02. The van der Waals surface area contributed by atoms with Gasteiger partial charge in [-0.25, -0.2) is 0 Å². The molecule has 11 rings (SSSR count). The van der Waals surface area contributed by atoms with E-state index in [0.29, 0.717) is 0 Å². The summed E-state index contributed by atoms with van der Waals surface area (Å²) in [7, 11) is 0. The molecule has 0 aliphatic heterocycles. The van der Waals surface area contributed by atoms with Crippen LogP contribution >= 0.6 is 0 Å². The van der Waals surface area contributed by atoms with Gasteiger partial charge in [0.2, 0.25) is 0 Å². The lowest BCUT2D eigenvalue weighted by Gasteiger charge is -2.46. The van der Waals surface area contributed by atoms with E-state index in [2.05, 4.69) is 232 Å². The third kappa shape index (κ3) is 5.53. The zero-order valence-electron chi connectivity index (χ0n) is 33.9. The smallest absolute Gasteiger partial charge is 0.0719 e. The van der Waals surface area contributed by atoms with Crippen molar-refractivity contribution in [3.05, 3.63) is 268 Å². The van der Waals surface area contributed by atoms with E-state index in [-0.39, 0.29) is 5.41 Å². The van der Waals surface area contributed by atoms with Crippen LogP contribution in [0.25, 0.3) is 55.2 Å². The molecular weight excluding hydrogens is 723 g/mol. The average molecular weight is 767 g/mol. The zero-order chi connectivity index (χ0) is 40.3. The Hall–Kier alpha value is -7.22. The van der Waals surface area contributed by atoms with Crippen molar-refractivity contribution in [2.24, 2.45) is 0 Å². The molecule has 0 radical (unpaired) electrons. The summed E-state index contributed by atoms with van der Waals surface area (Å²) in [4.78, 5) is 0. The predicted molar refractivity (Wildman–Crippen MR) is 252 cm³/mol. The maximum atomic E-state index is 5.18. The van der Waals surface area contributed by atoms with Gasteiger partial charge in [0.1, 0.15) is 0 Å². The van der Waals surface area contributed by atoms with E-state index >= 15 is 0 Å². The zero-order valence-corrected chi connectivity index (χ0v) is 33.9. The van der Waals surface area contributed by atoms with E-state index in [1.54, 1.807) is 0 Å². The number of hydrogen-bond donors (Lipinski definition) is 0. The highest BCUT2D eigenvalue weighted by Gasteiger charge is 2.53. The second-order valence-corrected chi connectivity index (χ2v) is 16.7. The molecule has 0 unspecified atom stereocenters. The summed E-state index contributed by atoms with van der Waals surface area (Å²) in [6.45, 7) is 4.77. The van der Waals surface area contributed by atoms with Crippen molar-refractivity contribution in [2.45, 2.75) is 31.1 Å². The molecule has 9 aromatic rings. The number of allylic oxidation sites excluding steroid dienone is 1. The molecule has 1 spiro atoms. The van der Waals surface area contributed by atoms with E-state index < -0.39 is 5.41 Å². The molecule has 0 saturated heterocycles. The lowest BCUT2D eigenvalue weighted by atomic mass is 9.55. The topological polar surface area (TPSA) is 14.1 Å². The van der Waals surface area contributed by atoms with Gasteiger partial charge in [-0.05, 0) is 95.1 Å². The van der Waals surface area contributed by atoms with Crippen LogP contribution in [0.15, 0.2) is 218 Å². The van der Waals surface area contributed by atoms with Crippen LogP contribution in [0.5, 0.6) is 0 Å². The first-order valence-corrected chi connectivity index (χ1v) is 21.1. The fourth-order valence-corrected chi connectivity index (χ4v) is 10.4. The summed E-state index contributed by atoms with van der Waals surface area (Å²) in [5.41, 5.74) is 19.6. The van der Waals surface area contributed by atoms with E-state index in [1.165, 1.54) is 83.1 Å². The Morgan fingerprint density at radius 3 is 1.62 bits per heavy atom. The van der Waals surface area contributed by atoms with Crippen molar-refractivity contribution in [2.75, 3.05) is 0 Å². The van der Waals surface area contributed by atoms with Crippen molar-refractivity contribution in [1.29, 1.82) is 0 Å². The summed E-state index contributed by atoms with van der Waals surface area (Å²) in [5.74, 6) is 0. The quantitative estimate of drug-likeness (QED) is 0.153. The van der Waals surface area contributed by atoms with Gasteiger partial charge in [-0.2, -0.15) is 0 Å². The first kappa shape index (κ1) is 35.9. The molecule has 0 aromatic heterocycles. The number of nitrogens with zero attached hydrogens (tertiary/aromatic N) is 1. The Morgan fingerprint density at radius 2 is 0.933 bits per heavy atom. The van der Waals surface area contributed by atoms with Crippen LogP contribution in [-0.4, -0.2) is 0 Å². The number of benzene rings is 9. The Morgan fingerprint density at radius 1 is 0.417 bits per heavy atom. The van der Waals surface area contributed by atoms with Crippen LogP contribution in [-0.2, 0) is 17.3 Å². The molecule has 0 bridgehead atoms. The minimum absolute atomic E-state index is 0.130. The third-order valence-electron chi connectivity index (χ3n) is 13.2. The second kappa shape index (κ2) is 14.3. The van der Waals surface area contributed by atoms with Gasteiger partial charge in [0.15, 0.2) is 0 Å². The SMILES string of the molecule is CC1(C)c2ccccc2C2(c3ccccc3-c3c(-c4ccc(-c5ccc([N-]/C(=C\Cc6ccccc6)c6ccccc6)cc5)c5ccccc45)cccc32)c2ccccc21. The normalized spacial score (nSPS) is 14.3. The van der Waals surface area contributed by atoms with Gasteiger partial charge in [-0.3, -0.25) is 0 Å². The predicted octanol–water partition coefficient (Wildman–Crippen LogP) is 15.5. The van der Waals surface area contributed by atoms with Crippen LogP contribution in [0.3, 0.4) is 0 Å². The summed E-state index contributed by atoms with van der Waals surface area (Å²) in [6.07, 6.45) is 3.05. The number of hydrogen-bond acceptors (Lipinski definition) is 0. The highest BCUT2D eigenvalue weighted by molar-refractivity contribution is 6.08. The Labute approximate surface area is 353 Å². The summed E-state index contributed by atoms with van der Waals surface area (Å²) in [5, 5.41) is 7.66. The Bertz CT molecular complexity index is 3050. The Kier molecular flexibility index (Phi) is 8.53. The molecule has 2 aliphatic carbocycles. The second-order valence-electron chi connectivity index (χ2n) is 16.7. The molecule has 1 heteroatoms. The van der Waals surface area contributed by atoms with Gasteiger partial charge in [-0.1, -0.05) is 232 Å². The van der Waals surface area contributed by atoms with Crippen molar-refractivity contribution >= 4 is 22.2 Å².